The topological polar surface area (TPSA) is 94.1 Å². The number of hydrogen-bond donors (Lipinski definition) is 2. The van der Waals surface area contributed by atoms with Crippen molar-refractivity contribution >= 4 is 11.2 Å². The summed E-state index contributed by atoms with van der Waals surface area (Å²) in [6.45, 7) is 4.58. The van der Waals surface area contributed by atoms with Gasteiger partial charge in [0.1, 0.15) is 5.82 Å². The van der Waals surface area contributed by atoms with Crippen LogP contribution in [0.1, 0.15) is 13.8 Å². The predicted molar refractivity (Wildman–Crippen MR) is 105 cm³/mol. The lowest BCUT2D eigenvalue weighted by Crippen LogP contribution is -2.38. The first-order valence-corrected chi connectivity index (χ1v) is 8.94. The van der Waals surface area contributed by atoms with E-state index in [0.717, 1.165) is 10.1 Å². The molecule has 0 aliphatic carbocycles. The van der Waals surface area contributed by atoms with Crippen molar-refractivity contribution in [3.8, 4) is 11.4 Å². The summed E-state index contributed by atoms with van der Waals surface area (Å²) >= 11 is 0. The highest BCUT2D eigenvalue weighted by Crippen LogP contribution is 2.22. The minimum atomic E-state index is -0.714. The maximum Gasteiger partial charge on any atom is 0.332 e. The summed E-state index contributed by atoms with van der Waals surface area (Å²) in [5.74, 6) is 0.549. The molecule has 0 aliphatic heterocycles. The van der Waals surface area contributed by atoms with Crippen LogP contribution in [0.3, 0.4) is 0 Å². The monoisotopic (exact) mass is 371 g/mol. The molecule has 0 unspecified atom stereocenters. The van der Waals surface area contributed by atoms with Crippen LogP contribution >= 0.6 is 0 Å². The van der Waals surface area contributed by atoms with E-state index in [4.69, 9.17) is 0 Å². The molecule has 144 valence electrons. The Morgan fingerprint density at radius 1 is 1.11 bits per heavy atom. The second-order valence-electron chi connectivity index (χ2n) is 7.01. The van der Waals surface area contributed by atoms with Crippen LogP contribution in [0.4, 0.5) is 0 Å². The molecule has 0 bridgehead atoms. The number of fused-ring (bicyclic) bond motifs is 1. The van der Waals surface area contributed by atoms with Gasteiger partial charge in [-0.2, -0.15) is 0 Å². The molecule has 2 aromatic heterocycles. The lowest BCUT2D eigenvalue weighted by Gasteiger charge is -2.17. The zero-order chi connectivity index (χ0) is 19.7. The van der Waals surface area contributed by atoms with Gasteiger partial charge in [-0.25, -0.2) is 9.78 Å². The molecule has 2 N–H and O–H groups in total. The summed E-state index contributed by atoms with van der Waals surface area (Å²) in [5.41, 5.74) is 0.575. The first-order valence-electron chi connectivity index (χ1n) is 8.94. The highest BCUT2D eigenvalue weighted by atomic mass is 16.3. The lowest BCUT2D eigenvalue weighted by molar-refractivity contribution is 0.150. The molecule has 0 aliphatic rings. The number of hydrogen-bond acceptors (Lipinski definition) is 5. The third-order valence-corrected chi connectivity index (χ3v) is 4.54. The number of nitrogens with one attached hydrogen (secondary N) is 1. The van der Waals surface area contributed by atoms with Crippen LogP contribution in [0.5, 0.6) is 0 Å². The molecule has 3 rings (SSSR count). The van der Waals surface area contributed by atoms with Gasteiger partial charge in [-0.15, -0.1) is 0 Å². The number of imidazole rings is 1. The van der Waals surface area contributed by atoms with E-state index in [1.54, 1.807) is 11.6 Å². The van der Waals surface area contributed by atoms with Crippen molar-refractivity contribution in [2.75, 3.05) is 6.54 Å². The maximum atomic E-state index is 12.8. The molecule has 8 heteroatoms. The first kappa shape index (κ1) is 19.1. The largest absolute Gasteiger partial charge is 0.390 e. The van der Waals surface area contributed by atoms with Crippen molar-refractivity contribution < 1.29 is 5.11 Å². The smallest absolute Gasteiger partial charge is 0.332 e. The number of aliphatic hydroxyl groups excluding tert-OH is 1. The van der Waals surface area contributed by atoms with Crippen LogP contribution in [0, 0.1) is 0 Å². The highest BCUT2D eigenvalue weighted by molar-refractivity contribution is 5.77. The van der Waals surface area contributed by atoms with E-state index in [9.17, 15) is 14.7 Å². The molecular weight excluding hydrogens is 346 g/mol. The van der Waals surface area contributed by atoms with Gasteiger partial charge in [-0.05, 0) is 0 Å². The minimum absolute atomic E-state index is 0.188. The molecule has 1 aromatic carbocycles. The van der Waals surface area contributed by atoms with Crippen molar-refractivity contribution in [2.45, 2.75) is 32.5 Å². The molecule has 3 aromatic rings. The quantitative estimate of drug-likeness (QED) is 0.657. The Morgan fingerprint density at radius 3 is 2.41 bits per heavy atom. The van der Waals surface area contributed by atoms with Crippen LogP contribution in [0.15, 0.2) is 39.9 Å². The van der Waals surface area contributed by atoms with E-state index < -0.39 is 17.4 Å². The molecule has 1 atom stereocenters. The van der Waals surface area contributed by atoms with Gasteiger partial charge in [0.05, 0.1) is 12.6 Å². The lowest BCUT2D eigenvalue weighted by atomic mass is 10.2. The molecule has 0 saturated heterocycles. The Morgan fingerprint density at radius 2 is 1.78 bits per heavy atom. The molecule has 0 fully saturated rings. The number of aryl methyl sites for hydroxylation is 1. The third-order valence-electron chi connectivity index (χ3n) is 4.54. The summed E-state index contributed by atoms with van der Waals surface area (Å²) in [5, 5.41) is 13.7. The van der Waals surface area contributed by atoms with E-state index >= 15 is 0 Å². The molecule has 0 spiro atoms. The normalized spacial score (nSPS) is 12.8. The number of rotatable bonds is 6. The summed E-state index contributed by atoms with van der Waals surface area (Å²) in [7, 11) is 3.04. The Hall–Kier alpha value is -2.71. The molecule has 2 heterocycles. The van der Waals surface area contributed by atoms with Gasteiger partial charge in [0.25, 0.3) is 5.56 Å². The van der Waals surface area contributed by atoms with Crippen molar-refractivity contribution in [3.05, 3.63) is 51.2 Å². The molecule has 0 amide bonds. The van der Waals surface area contributed by atoms with E-state index in [2.05, 4.69) is 10.3 Å². The Balaban J connectivity index is 2.22. The summed E-state index contributed by atoms with van der Waals surface area (Å²) < 4.78 is 4.13. The van der Waals surface area contributed by atoms with E-state index in [0.29, 0.717) is 23.5 Å². The Kier molecular flexibility index (Phi) is 5.29. The van der Waals surface area contributed by atoms with Crippen molar-refractivity contribution in [1.29, 1.82) is 0 Å². The average Bonchev–Trinajstić information content (AvgIpc) is 3.03. The highest BCUT2D eigenvalue weighted by Gasteiger charge is 2.21. The second-order valence-corrected chi connectivity index (χ2v) is 7.01. The fourth-order valence-electron chi connectivity index (χ4n) is 3.08. The average molecular weight is 371 g/mol. The van der Waals surface area contributed by atoms with E-state index in [1.165, 1.54) is 11.6 Å². The van der Waals surface area contributed by atoms with E-state index in [-0.39, 0.29) is 12.6 Å². The van der Waals surface area contributed by atoms with Crippen LogP contribution in [-0.4, -0.2) is 42.5 Å². The zero-order valence-electron chi connectivity index (χ0n) is 16.0. The second kappa shape index (κ2) is 7.50. The Labute approximate surface area is 156 Å². The van der Waals surface area contributed by atoms with Gasteiger partial charge in [0.2, 0.25) is 0 Å². The van der Waals surface area contributed by atoms with Crippen LogP contribution in [0.25, 0.3) is 22.6 Å². The van der Waals surface area contributed by atoms with Crippen LogP contribution in [-0.2, 0) is 20.6 Å². The predicted octanol–water partition coefficient (Wildman–Crippen LogP) is 0.460. The van der Waals surface area contributed by atoms with Crippen molar-refractivity contribution in [1.82, 2.24) is 24.0 Å². The Bertz CT molecular complexity index is 1060. The fourth-order valence-corrected chi connectivity index (χ4v) is 3.08. The molecule has 0 radical (unpaired) electrons. The van der Waals surface area contributed by atoms with Gasteiger partial charge in [-0.3, -0.25) is 13.9 Å². The molecule has 0 saturated carbocycles. The standard InChI is InChI=1S/C19H25N5O3/c1-12(2)20-10-14(25)11-24-15-17(22(3)19(27)23(4)18(15)26)21-16(24)13-8-6-5-7-9-13/h5-9,12,14,20,25H,10-11H2,1-4H3/t14-/m0/s1. The number of aromatic nitrogens is 4. The molecule has 8 nitrogen and oxygen atoms in total. The maximum absolute atomic E-state index is 12.8. The van der Waals surface area contributed by atoms with Gasteiger partial charge >= 0.3 is 5.69 Å². The number of aliphatic hydroxyl groups is 1. The molecular formula is C19H25N5O3. The summed E-state index contributed by atoms with van der Waals surface area (Å²) in [4.78, 5) is 29.7. The van der Waals surface area contributed by atoms with Crippen molar-refractivity contribution in [3.63, 3.8) is 0 Å². The van der Waals surface area contributed by atoms with Crippen molar-refractivity contribution in [2.24, 2.45) is 14.1 Å². The number of benzene rings is 1. The van der Waals surface area contributed by atoms with E-state index in [1.807, 2.05) is 44.2 Å². The zero-order valence-corrected chi connectivity index (χ0v) is 16.0. The minimum Gasteiger partial charge on any atom is -0.390 e. The summed E-state index contributed by atoms with van der Waals surface area (Å²) in [6, 6.07) is 9.67. The van der Waals surface area contributed by atoms with Gasteiger partial charge in [-0.1, -0.05) is 44.2 Å². The van der Waals surface area contributed by atoms with Gasteiger partial charge in [0.15, 0.2) is 11.2 Å². The van der Waals surface area contributed by atoms with Crippen LogP contribution in [0.2, 0.25) is 0 Å². The fraction of sp³-hybridized carbons (Fsp3) is 0.421. The van der Waals surface area contributed by atoms with Gasteiger partial charge in [0, 0.05) is 32.2 Å². The molecule has 27 heavy (non-hydrogen) atoms. The van der Waals surface area contributed by atoms with Crippen LogP contribution < -0.4 is 16.6 Å². The van der Waals surface area contributed by atoms with Gasteiger partial charge < -0.3 is 15.0 Å². The SMILES string of the molecule is CC(C)NC[C@H](O)Cn1c(-c2ccccc2)nc2c1c(=O)n(C)c(=O)n2C. The summed E-state index contributed by atoms with van der Waals surface area (Å²) in [6.07, 6.45) is -0.714. The third kappa shape index (κ3) is 3.58. The first-order chi connectivity index (χ1) is 12.8. The number of nitrogens with zero attached hydrogens (tertiary/aromatic N) is 4.